The lowest BCUT2D eigenvalue weighted by molar-refractivity contribution is 0.102. The average Bonchev–Trinajstić information content (AvgIpc) is 2.83. The minimum atomic E-state index is -0.381. The lowest BCUT2D eigenvalue weighted by Gasteiger charge is -2.15. The van der Waals surface area contributed by atoms with Crippen molar-refractivity contribution in [3.63, 3.8) is 0 Å². The van der Waals surface area contributed by atoms with E-state index in [2.05, 4.69) is 26.5 Å². The predicted molar refractivity (Wildman–Crippen MR) is 130 cm³/mol. The molecule has 0 aliphatic rings. The second-order valence-electron chi connectivity index (χ2n) is 7.65. The standard InChI is InChI=1S/C26H22FN5O/c1-4-17-7-14-22-23(15-17)30-26(32(2)3)31-24(22)28-16-18-5-12-21(13-6-18)29-25(33)19-8-10-20(27)11-9-19/h1,5-15H,16H2,2-3H3,(H,29,33)(H,28,30,31). The van der Waals surface area contributed by atoms with Crippen LogP contribution in [-0.2, 0) is 6.54 Å². The third-order valence-corrected chi connectivity index (χ3v) is 5.03. The molecular weight excluding hydrogens is 417 g/mol. The fourth-order valence-electron chi connectivity index (χ4n) is 3.24. The Morgan fingerprint density at radius 2 is 1.76 bits per heavy atom. The summed E-state index contributed by atoms with van der Waals surface area (Å²) in [6.45, 7) is 0.530. The van der Waals surface area contributed by atoms with E-state index in [9.17, 15) is 9.18 Å². The van der Waals surface area contributed by atoms with Gasteiger partial charge in [-0.2, -0.15) is 4.98 Å². The number of anilines is 3. The van der Waals surface area contributed by atoms with Crippen LogP contribution in [0.2, 0.25) is 0 Å². The molecule has 0 fully saturated rings. The van der Waals surface area contributed by atoms with Gasteiger partial charge in [-0.05, 0) is 60.2 Å². The molecule has 0 atom stereocenters. The summed E-state index contributed by atoms with van der Waals surface area (Å²) in [7, 11) is 3.77. The van der Waals surface area contributed by atoms with Crippen molar-refractivity contribution >= 4 is 34.3 Å². The average molecular weight is 439 g/mol. The number of nitrogens with one attached hydrogen (secondary N) is 2. The van der Waals surface area contributed by atoms with Crippen LogP contribution in [0.15, 0.2) is 66.7 Å². The van der Waals surface area contributed by atoms with E-state index in [1.54, 1.807) is 0 Å². The molecule has 3 aromatic carbocycles. The lowest BCUT2D eigenvalue weighted by atomic mass is 10.1. The maximum atomic E-state index is 13.0. The summed E-state index contributed by atoms with van der Waals surface area (Å²) < 4.78 is 13.0. The zero-order valence-electron chi connectivity index (χ0n) is 18.3. The zero-order chi connectivity index (χ0) is 23.4. The number of rotatable bonds is 6. The van der Waals surface area contributed by atoms with Crippen LogP contribution in [0, 0.1) is 18.2 Å². The third-order valence-electron chi connectivity index (χ3n) is 5.03. The molecular formula is C26H22FN5O. The van der Waals surface area contributed by atoms with Crippen molar-refractivity contribution in [3.05, 3.63) is 89.2 Å². The highest BCUT2D eigenvalue weighted by Crippen LogP contribution is 2.25. The first kappa shape index (κ1) is 21.8. The van der Waals surface area contributed by atoms with Gasteiger partial charge in [0.2, 0.25) is 5.95 Å². The van der Waals surface area contributed by atoms with E-state index < -0.39 is 0 Å². The zero-order valence-corrected chi connectivity index (χ0v) is 18.3. The van der Waals surface area contributed by atoms with Gasteiger partial charge in [0.05, 0.1) is 5.52 Å². The number of hydrogen-bond donors (Lipinski definition) is 2. The number of fused-ring (bicyclic) bond motifs is 1. The van der Waals surface area contributed by atoms with Gasteiger partial charge < -0.3 is 15.5 Å². The minimum absolute atomic E-state index is 0.295. The van der Waals surface area contributed by atoms with Gasteiger partial charge in [-0.25, -0.2) is 9.37 Å². The molecule has 2 N–H and O–H groups in total. The van der Waals surface area contributed by atoms with Gasteiger partial charge in [-0.15, -0.1) is 6.42 Å². The second kappa shape index (κ2) is 9.37. The van der Waals surface area contributed by atoms with E-state index in [0.717, 1.165) is 22.0 Å². The maximum Gasteiger partial charge on any atom is 0.255 e. The first-order chi connectivity index (χ1) is 15.9. The van der Waals surface area contributed by atoms with Crippen LogP contribution in [0.3, 0.4) is 0 Å². The van der Waals surface area contributed by atoms with Gasteiger partial charge in [0.15, 0.2) is 0 Å². The van der Waals surface area contributed by atoms with Crippen molar-refractivity contribution < 1.29 is 9.18 Å². The van der Waals surface area contributed by atoms with Crippen LogP contribution in [0.1, 0.15) is 21.5 Å². The molecule has 4 rings (SSSR count). The van der Waals surface area contributed by atoms with Crippen LogP contribution in [-0.4, -0.2) is 30.0 Å². The molecule has 164 valence electrons. The third kappa shape index (κ3) is 5.08. The summed E-state index contributed by atoms with van der Waals surface area (Å²) in [6.07, 6.45) is 5.53. The second-order valence-corrected chi connectivity index (χ2v) is 7.65. The van der Waals surface area contributed by atoms with Gasteiger partial charge in [0, 0.05) is 42.8 Å². The van der Waals surface area contributed by atoms with Crippen LogP contribution >= 0.6 is 0 Å². The van der Waals surface area contributed by atoms with Crippen LogP contribution in [0.25, 0.3) is 10.9 Å². The highest BCUT2D eigenvalue weighted by atomic mass is 19.1. The Kier molecular flexibility index (Phi) is 6.18. The summed E-state index contributed by atoms with van der Waals surface area (Å²) in [5.74, 6) is 3.25. The van der Waals surface area contributed by atoms with E-state index in [0.29, 0.717) is 29.6 Å². The largest absolute Gasteiger partial charge is 0.365 e. The fraction of sp³-hybridized carbons (Fsp3) is 0.115. The van der Waals surface area contributed by atoms with E-state index >= 15 is 0 Å². The normalized spacial score (nSPS) is 10.5. The number of aromatic nitrogens is 2. The molecule has 0 radical (unpaired) electrons. The number of halogens is 1. The Bertz CT molecular complexity index is 1340. The number of amides is 1. The SMILES string of the molecule is C#Cc1ccc2c(NCc3ccc(NC(=O)c4ccc(F)cc4)cc3)nc(N(C)C)nc2c1. The smallest absolute Gasteiger partial charge is 0.255 e. The first-order valence-electron chi connectivity index (χ1n) is 10.3. The van der Waals surface area contributed by atoms with E-state index in [4.69, 9.17) is 6.42 Å². The summed E-state index contributed by atoms with van der Waals surface area (Å²) in [4.78, 5) is 23.4. The van der Waals surface area contributed by atoms with Crippen molar-refractivity contribution in [2.75, 3.05) is 29.6 Å². The van der Waals surface area contributed by atoms with Crippen LogP contribution < -0.4 is 15.5 Å². The van der Waals surface area contributed by atoms with Gasteiger partial charge in [-0.3, -0.25) is 4.79 Å². The summed E-state index contributed by atoms with van der Waals surface area (Å²) in [5, 5.41) is 7.06. The van der Waals surface area contributed by atoms with Crippen molar-refractivity contribution in [3.8, 4) is 12.3 Å². The Morgan fingerprint density at radius 1 is 1.03 bits per heavy atom. The first-order valence-corrected chi connectivity index (χ1v) is 10.3. The molecule has 0 saturated heterocycles. The number of carbonyl (C=O) groups is 1. The van der Waals surface area contributed by atoms with Gasteiger partial charge in [0.1, 0.15) is 11.6 Å². The molecule has 4 aromatic rings. The molecule has 1 aromatic heterocycles. The van der Waals surface area contributed by atoms with Crippen molar-refractivity contribution in [1.82, 2.24) is 9.97 Å². The summed E-state index contributed by atoms with van der Waals surface area (Å²) in [6, 6.07) is 18.5. The van der Waals surface area contributed by atoms with Gasteiger partial charge in [-0.1, -0.05) is 18.1 Å². The molecule has 33 heavy (non-hydrogen) atoms. The molecule has 0 aliphatic carbocycles. The highest BCUT2D eigenvalue weighted by molar-refractivity contribution is 6.04. The number of nitrogens with zero attached hydrogens (tertiary/aromatic N) is 3. The minimum Gasteiger partial charge on any atom is -0.365 e. The molecule has 1 amide bonds. The van der Waals surface area contributed by atoms with E-state index in [-0.39, 0.29) is 11.7 Å². The molecule has 0 unspecified atom stereocenters. The molecule has 1 heterocycles. The molecule has 0 saturated carbocycles. The van der Waals surface area contributed by atoms with E-state index in [1.807, 2.05) is 61.5 Å². The Hall–Kier alpha value is -4.44. The maximum absolute atomic E-state index is 13.0. The van der Waals surface area contributed by atoms with Crippen molar-refractivity contribution in [2.45, 2.75) is 6.54 Å². The number of benzene rings is 3. The summed E-state index contributed by atoms with van der Waals surface area (Å²) >= 11 is 0. The quantitative estimate of drug-likeness (QED) is 0.427. The van der Waals surface area contributed by atoms with Crippen molar-refractivity contribution in [1.29, 1.82) is 0 Å². The Morgan fingerprint density at radius 3 is 2.42 bits per heavy atom. The fourth-order valence-corrected chi connectivity index (χ4v) is 3.24. The summed E-state index contributed by atoms with van der Waals surface area (Å²) in [5.41, 5.74) is 3.58. The molecule has 6 nitrogen and oxygen atoms in total. The molecule has 0 aliphatic heterocycles. The van der Waals surface area contributed by atoms with Crippen molar-refractivity contribution in [2.24, 2.45) is 0 Å². The Balaban J connectivity index is 1.48. The van der Waals surface area contributed by atoms with E-state index in [1.165, 1.54) is 24.3 Å². The van der Waals surface area contributed by atoms with Crippen LogP contribution in [0.5, 0.6) is 0 Å². The van der Waals surface area contributed by atoms with Crippen LogP contribution in [0.4, 0.5) is 21.8 Å². The topological polar surface area (TPSA) is 70.2 Å². The molecule has 0 bridgehead atoms. The highest BCUT2D eigenvalue weighted by Gasteiger charge is 2.10. The Labute approximate surface area is 191 Å². The molecule has 0 spiro atoms. The number of carbonyl (C=O) groups excluding carboxylic acids is 1. The van der Waals surface area contributed by atoms with Gasteiger partial charge >= 0.3 is 0 Å². The molecule has 7 heteroatoms. The van der Waals surface area contributed by atoms with Gasteiger partial charge in [0.25, 0.3) is 5.91 Å². The number of terminal acetylenes is 1. The lowest BCUT2D eigenvalue weighted by Crippen LogP contribution is -2.14. The number of hydrogen-bond acceptors (Lipinski definition) is 5. The predicted octanol–water partition coefficient (Wildman–Crippen LogP) is 4.68. The monoisotopic (exact) mass is 439 g/mol.